The number of rotatable bonds is 8. The van der Waals surface area contributed by atoms with E-state index in [4.69, 9.17) is 9.84 Å². The summed E-state index contributed by atoms with van der Waals surface area (Å²) in [6.45, 7) is 0.376. The molecule has 1 unspecified atom stereocenters. The molecule has 7 nitrogen and oxygen atoms in total. The van der Waals surface area contributed by atoms with Crippen molar-refractivity contribution in [2.45, 2.75) is 18.9 Å². The highest BCUT2D eigenvalue weighted by atomic mass is 79.9. The topological polar surface area (TPSA) is 102 Å². The number of benzene rings is 1. The number of nitro benzene ring substituents is 1. The van der Waals surface area contributed by atoms with Crippen LogP contribution < -0.4 is 5.32 Å². The predicted octanol–water partition coefficient (Wildman–Crippen LogP) is 2.79. The zero-order valence-electron chi connectivity index (χ0n) is 11.1. The number of carboxylic acids is 1. The quantitative estimate of drug-likeness (QED) is 0.417. The molecule has 0 aliphatic carbocycles. The molecule has 116 valence electrons. The van der Waals surface area contributed by atoms with Crippen LogP contribution in [0.4, 0.5) is 15.8 Å². The van der Waals surface area contributed by atoms with E-state index in [1.54, 1.807) is 0 Å². The van der Waals surface area contributed by atoms with Gasteiger partial charge in [0.2, 0.25) is 0 Å². The van der Waals surface area contributed by atoms with Crippen LogP contribution in [0.25, 0.3) is 0 Å². The fourth-order valence-electron chi connectivity index (χ4n) is 1.68. The molecule has 0 saturated carbocycles. The Morgan fingerprint density at radius 1 is 1.62 bits per heavy atom. The van der Waals surface area contributed by atoms with E-state index in [9.17, 15) is 19.3 Å². The van der Waals surface area contributed by atoms with Gasteiger partial charge in [0.15, 0.2) is 0 Å². The van der Waals surface area contributed by atoms with Crippen LogP contribution >= 0.6 is 15.9 Å². The molecule has 0 bridgehead atoms. The summed E-state index contributed by atoms with van der Waals surface area (Å²) < 4.78 is 18.2. The van der Waals surface area contributed by atoms with E-state index in [0.717, 1.165) is 12.1 Å². The standard InChI is InChI=1S/C12H14BrFN2O5/c1-21-4-2-3-9(12(17)18)15-10-5-7(13)8(14)6-11(10)16(19)20/h5-6,9,15H,2-4H2,1H3,(H,17,18). The van der Waals surface area contributed by atoms with E-state index in [1.807, 2.05) is 0 Å². The summed E-state index contributed by atoms with van der Waals surface area (Å²) in [7, 11) is 1.49. The Morgan fingerprint density at radius 3 is 2.81 bits per heavy atom. The molecule has 1 aromatic carbocycles. The number of hydrogen-bond acceptors (Lipinski definition) is 5. The van der Waals surface area contributed by atoms with Crippen molar-refractivity contribution in [3.05, 3.63) is 32.5 Å². The lowest BCUT2D eigenvalue weighted by atomic mass is 10.1. The van der Waals surface area contributed by atoms with Gasteiger partial charge in [0.1, 0.15) is 17.5 Å². The Balaban J connectivity index is 2.99. The van der Waals surface area contributed by atoms with Crippen LogP contribution in [-0.2, 0) is 9.53 Å². The molecule has 0 heterocycles. The minimum absolute atomic E-state index is 0.0108. The molecule has 0 spiro atoms. The smallest absolute Gasteiger partial charge is 0.326 e. The first kappa shape index (κ1) is 17.3. The van der Waals surface area contributed by atoms with Gasteiger partial charge in [-0.3, -0.25) is 10.1 Å². The largest absolute Gasteiger partial charge is 0.480 e. The number of hydrogen-bond donors (Lipinski definition) is 2. The van der Waals surface area contributed by atoms with Gasteiger partial charge in [0.05, 0.1) is 15.5 Å². The number of nitrogens with one attached hydrogen (secondary N) is 1. The Bertz CT molecular complexity index is 541. The molecule has 0 saturated heterocycles. The van der Waals surface area contributed by atoms with Crippen molar-refractivity contribution in [2.75, 3.05) is 19.0 Å². The SMILES string of the molecule is COCCCC(Nc1cc(Br)c(F)cc1[N+](=O)[O-])C(=O)O. The zero-order valence-corrected chi connectivity index (χ0v) is 12.7. The normalized spacial score (nSPS) is 12.0. The number of halogens is 2. The molecule has 0 amide bonds. The monoisotopic (exact) mass is 364 g/mol. The molecule has 21 heavy (non-hydrogen) atoms. The molecule has 1 aromatic rings. The predicted molar refractivity (Wildman–Crippen MR) is 76.9 cm³/mol. The molecule has 0 fully saturated rings. The number of nitrogens with zero attached hydrogens (tertiary/aromatic N) is 1. The van der Waals surface area contributed by atoms with Gasteiger partial charge in [0.25, 0.3) is 5.69 Å². The Morgan fingerprint density at radius 2 is 2.29 bits per heavy atom. The van der Waals surface area contributed by atoms with Gasteiger partial charge in [-0.1, -0.05) is 0 Å². The summed E-state index contributed by atoms with van der Waals surface area (Å²) >= 11 is 2.92. The molecule has 9 heteroatoms. The minimum Gasteiger partial charge on any atom is -0.480 e. The van der Waals surface area contributed by atoms with Gasteiger partial charge in [-0.05, 0) is 34.8 Å². The van der Waals surface area contributed by atoms with E-state index in [0.29, 0.717) is 13.0 Å². The number of ether oxygens (including phenoxy) is 1. The van der Waals surface area contributed by atoms with Gasteiger partial charge < -0.3 is 15.2 Å². The average Bonchev–Trinajstić information content (AvgIpc) is 2.41. The van der Waals surface area contributed by atoms with Gasteiger partial charge in [-0.2, -0.15) is 0 Å². The number of carboxylic acid groups (broad SMARTS) is 1. The molecular weight excluding hydrogens is 351 g/mol. The maximum atomic E-state index is 13.4. The van der Waals surface area contributed by atoms with Gasteiger partial charge in [-0.25, -0.2) is 9.18 Å². The lowest BCUT2D eigenvalue weighted by Crippen LogP contribution is -2.29. The lowest BCUT2D eigenvalue weighted by molar-refractivity contribution is -0.384. The molecule has 0 aliphatic heterocycles. The fraction of sp³-hybridized carbons (Fsp3) is 0.417. The van der Waals surface area contributed by atoms with Gasteiger partial charge >= 0.3 is 5.97 Å². The van der Waals surface area contributed by atoms with E-state index in [-0.39, 0.29) is 16.6 Å². The van der Waals surface area contributed by atoms with Crippen molar-refractivity contribution < 1.29 is 24.0 Å². The van der Waals surface area contributed by atoms with Crippen molar-refractivity contribution >= 4 is 33.3 Å². The van der Waals surface area contributed by atoms with Crippen molar-refractivity contribution in [3.63, 3.8) is 0 Å². The van der Waals surface area contributed by atoms with E-state index < -0.39 is 28.4 Å². The maximum absolute atomic E-state index is 13.4. The van der Waals surface area contributed by atoms with Crippen LogP contribution in [0, 0.1) is 15.9 Å². The minimum atomic E-state index is -1.15. The average molecular weight is 365 g/mol. The molecule has 0 aromatic heterocycles. The number of anilines is 1. The molecule has 2 N–H and O–H groups in total. The number of aliphatic carboxylic acids is 1. The van der Waals surface area contributed by atoms with Crippen molar-refractivity contribution in [3.8, 4) is 0 Å². The van der Waals surface area contributed by atoms with Crippen molar-refractivity contribution in [1.82, 2.24) is 0 Å². The highest BCUT2D eigenvalue weighted by molar-refractivity contribution is 9.10. The Hall–Kier alpha value is -1.74. The summed E-state index contributed by atoms with van der Waals surface area (Å²) in [4.78, 5) is 21.3. The summed E-state index contributed by atoms with van der Waals surface area (Å²) in [6, 6.07) is 0.858. The lowest BCUT2D eigenvalue weighted by Gasteiger charge is -2.16. The maximum Gasteiger partial charge on any atom is 0.326 e. The second-order valence-electron chi connectivity index (χ2n) is 4.21. The summed E-state index contributed by atoms with van der Waals surface area (Å²) in [6.07, 6.45) is 0.686. The molecular formula is C12H14BrFN2O5. The van der Waals surface area contributed by atoms with Crippen LogP contribution in [-0.4, -0.2) is 35.8 Å². The highest BCUT2D eigenvalue weighted by Gasteiger charge is 2.23. The van der Waals surface area contributed by atoms with Crippen LogP contribution in [0.1, 0.15) is 12.8 Å². The molecule has 1 atom stereocenters. The first-order chi connectivity index (χ1) is 9.86. The molecule has 0 radical (unpaired) electrons. The number of carbonyl (C=O) groups is 1. The van der Waals surface area contributed by atoms with Crippen LogP contribution in [0.3, 0.4) is 0 Å². The highest BCUT2D eigenvalue weighted by Crippen LogP contribution is 2.31. The zero-order chi connectivity index (χ0) is 16.0. The summed E-state index contributed by atoms with van der Waals surface area (Å²) in [5.41, 5.74) is -0.577. The van der Waals surface area contributed by atoms with Crippen LogP contribution in [0.5, 0.6) is 0 Å². The van der Waals surface area contributed by atoms with Crippen LogP contribution in [0.2, 0.25) is 0 Å². The third kappa shape index (κ3) is 4.94. The third-order valence-corrected chi connectivity index (χ3v) is 3.31. The van der Waals surface area contributed by atoms with E-state index >= 15 is 0 Å². The second-order valence-corrected chi connectivity index (χ2v) is 5.07. The Labute approximate surface area is 128 Å². The third-order valence-electron chi connectivity index (χ3n) is 2.70. The number of methoxy groups -OCH3 is 1. The van der Waals surface area contributed by atoms with E-state index in [1.165, 1.54) is 7.11 Å². The van der Waals surface area contributed by atoms with Crippen LogP contribution in [0.15, 0.2) is 16.6 Å². The number of nitro groups is 1. The van der Waals surface area contributed by atoms with Gasteiger partial charge in [-0.15, -0.1) is 0 Å². The summed E-state index contributed by atoms with van der Waals surface area (Å²) in [5, 5.41) is 22.6. The van der Waals surface area contributed by atoms with Crippen molar-refractivity contribution in [2.24, 2.45) is 0 Å². The first-order valence-electron chi connectivity index (χ1n) is 5.98. The summed E-state index contributed by atoms with van der Waals surface area (Å²) in [5.74, 6) is -1.95. The Kier molecular flexibility index (Phi) is 6.50. The second kappa shape index (κ2) is 7.89. The molecule has 0 aliphatic rings. The first-order valence-corrected chi connectivity index (χ1v) is 6.77. The van der Waals surface area contributed by atoms with Crippen molar-refractivity contribution in [1.29, 1.82) is 0 Å². The fourth-order valence-corrected chi connectivity index (χ4v) is 2.02. The molecule has 1 rings (SSSR count). The van der Waals surface area contributed by atoms with Gasteiger partial charge in [0, 0.05) is 13.7 Å². The van der Waals surface area contributed by atoms with E-state index in [2.05, 4.69) is 21.2 Å².